The zero-order valence-corrected chi connectivity index (χ0v) is 11.9. The lowest BCUT2D eigenvalue weighted by Gasteiger charge is -2.10. The summed E-state index contributed by atoms with van der Waals surface area (Å²) in [5.41, 5.74) is 2.42. The first-order chi connectivity index (χ1) is 8.98. The fourth-order valence-corrected chi connectivity index (χ4v) is 4.10. The third-order valence-corrected chi connectivity index (χ3v) is 5.33. The molecule has 2 rings (SSSR count). The van der Waals surface area contributed by atoms with Crippen LogP contribution < -0.4 is 5.32 Å². The number of hydrogen-bond donors (Lipinski definition) is 1. The van der Waals surface area contributed by atoms with E-state index in [0.717, 1.165) is 6.42 Å². The summed E-state index contributed by atoms with van der Waals surface area (Å²) in [6, 6.07) is 8.05. The van der Waals surface area contributed by atoms with Gasteiger partial charge in [-0.15, -0.1) is 0 Å². The van der Waals surface area contributed by atoms with Gasteiger partial charge in [-0.2, -0.15) is 0 Å². The third-order valence-electron chi connectivity index (χ3n) is 3.56. The normalized spacial score (nSPS) is 21.2. The van der Waals surface area contributed by atoms with Gasteiger partial charge >= 0.3 is 0 Å². The predicted molar refractivity (Wildman–Crippen MR) is 74.7 cm³/mol. The number of sulfone groups is 1. The molecule has 0 spiro atoms. The summed E-state index contributed by atoms with van der Waals surface area (Å²) < 4.78 is 22.6. The number of rotatable bonds is 4. The molecule has 1 amide bonds. The monoisotopic (exact) mass is 281 g/mol. The Kier molecular flexibility index (Phi) is 4.24. The Morgan fingerprint density at radius 1 is 1.37 bits per heavy atom. The molecule has 1 atom stereocenters. The molecule has 104 valence electrons. The zero-order chi connectivity index (χ0) is 13.9. The van der Waals surface area contributed by atoms with Crippen LogP contribution in [0, 0.1) is 12.8 Å². The van der Waals surface area contributed by atoms with E-state index in [-0.39, 0.29) is 23.3 Å². The minimum Gasteiger partial charge on any atom is -0.356 e. The topological polar surface area (TPSA) is 63.2 Å². The molecule has 1 fully saturated rings. The molecule has 0 aromatic heterocycles. The molecule has 0 radical (unpaired) electrons. The van der Waals surface area contributed by atoms with Gasteiger partial charge in [0.05, 0.1) is 17.4 Å². The fourth-order valence-electron chi connectivity index (χ4n) is 2.36. The molecular weight excluding hydrogens is 262 g/mol. The highest BCUT2D eigenvalue weighted by Gasteiger charge is 2.32. The van der Waals surface area contributed by atoms with Crippen molar-refractivity contribution in [3.05, 3.63) is 35.4 Å². The van der Waals surface area contributed by atoms with Crippen molar-refractivity contribution < 1.29 is 13.2 Å². The maximum Gasteiger partial charge on any atom is 0.224 e. The van der Waals surface area contributed by atoms with E-state index in [0.29, 0.717) is 13.0 Å². The van der Waals surface area contributed by atoms with Gasteiger partial charge in [0.15, 0.2) is 9.84 Å². The Balaban J connectivity index is 1.80. The average Bonchev–Trinajstić information content (AvgIpc) is 2.72. The molecular formula is C14H19NO3S. The van der Waals surface area contributed by atoms with E-state index in [1.54, 1.807) is 0 Å². The number of carbonyl (C=O) groups excluding carboxylic acids is 1. The molecule has 5 heteroatoms. The van der Waals surface area contributed by atoms with Gasteiger partial charge in [0.25, 0.3) is 0 Å². The van der Waals surface area contributed by atoms with Crippen molar-refractivity contribution in [3.63, 3.8) is 0 Å². The summed E-state index contributed by atoms with van der Waals surface area (Å²) in [5.74, 6) is -0.344. The summed E-state index contributed by atoms with van der Waals surface area (Å²) in [4.78, 5) is 11.8. The summed E-state index contributed by atoms with van der Waals surface area (Å²) in [6.07, 6.45) is 1.23. The molecule has 0 bridgehead atoms. The molecule has 0 saturated carbocycles. The summed E-state index contributed by atoms with van der Waals surface area (Å²) in [7, 11) is -2.99. The minimum atomic E-state index is -2.99. The molecule has 19 heavy (non-hydrogen) atoms. The van der Waals surface area contributed by atoms with Gasteiger partial charge in [-0.3, -0.25) is 4.79 Å². The molecule has 1 unspecified atom stereocenters. The zero-order valence-electron chi connectivity index (χ0n) is 11.1. The standard InChI is InChI=1S/C14H19NO3S/c1-11-4-2-3-5-12(11)6-8-15-14(16)13-7-9-19(17,18)10-13/h2-5,13H,6-10H2,1H3,(H,15,16). The van der Waals surface area contributed by atoms with E-state index in [2.05, 4.69) is 5.32 Å². The SMILES string of the molecule is Cc1ccccc1CCNC(=O)C1CCS(=O)(=O)C1. The van der Waals surface area contributed by atoms with E-state index in [9.17, 15) is 13.2 Å². The number of carbonyl (C=O) groups is 1. The van der Waals surface area contributed by atoms with Crippen molar-refractivity contribution in [2.24, 2.45) is 5.92 Å². The Bertz CT molecular complexity index is 566. The summed E-state index contributed by atoms with van der Waals surface area (Å²) >= 11 is 0. The second-order valence-corrected chi connectivity index (χ2v) is 7.30. The van der Waals surface area contributed by atoms with Crippen LogP contribution in [0.25, 0.3) is 0 Å². The van der Waals surface area contributed by atoms with Gasteiger partial charge in [-0.05, 0) is 30.9 Å². The quantitative estimate of drug-likeness (QED) is 0.898. The Hall–Kier alpha value is -1.36. The van der Waals surface area contributed by atoms with Gasteiger partial charge in [0.2, 0.25) is 5.91 Å². The second kappa shape index (κ2) is 5.74. The van der Waals surface area contributed by atoms with E-state index >= 15 is 0 Å². The molecule has 0 aliphatic carbocycles. The van der Waals surface area contributed by atoms with Gasteiger partial charge < -0.3 is 5.32 Å². The number of hydrogen-bond acceptors (Lipinski definition) is 3. The molecule has 1 aliphatic rings. The first kappa shape index (κ1) is 14.1. The van der Waals surface area contributed by atoms with Crippen LogP contribution in [0.3, 0.4) is 0 Å². The molecule has 1 heterocycles. The summed E-state index contributed by atoms with van der Waals surface area (Å²) in [6.45, 7) is 2.60. The number of amides is 1. The lowest BCUT2D eigenvalue weighted by atomic mass is 10.1. The van der Waals surface area contributed by atoms with Crippen LogP contribution in [0.5, 0.6) is 0 Å². The number of benzene rings is 1. The van der Waals surface area contributed by atoms with Crippen molar-refractivity contribution in [2.45, 2.75) is 19.8 Å². The van der Waals surface area contributed by atoms with Crippen molar-refractivity contribution in [1.29, 1.82) is 0 Å². The molecule has 1 saturated heterocycles. The Morgan fingerprint density at radius 3 is 2.74 bits per heavy atom. The largest absolute Gasteiger partial charge is 0.356 e. The van der Waals surface area contributed by atoms with Gasteiger partial charge in [0.1, 0.15) is 0 Å². The van der Waals surface area contributed by atoms with E-state index < -0.39 is 9.84 Å². The summed E-state index contributed by atoms with van der Waals surface area (Å²) in [5, 5.41) is 2.83. The van der Waals surface area contributed by atoms with Crippen molar-refractivity contribution in [3.8, 4) is 0 Å². The predicted octanol–water partition coefficient (Wildman–Crippen LogP) is 1.09. The highest BCUT2D eigenvalue weighted by molar-refractivity contribution is 7.91. The van der Waals surface area contributed by atoms with Gasteiger partial charge in [-0.25, -0.2) is 8.42 Å². The Morgan fingerprint density at radius 2 is 2.11 bits per heavy atom. The van der Waals surface area contributed by atoms with Gasteiger partial charge in [0, 0.05) is 6.54 Å². The van der Waals surface area contributed by atoms with E-state index in [4.69, 9.17) is 0 Å². The van der Waals surface area contributed by atoms with Crippen LogP contribution in [0.15, 0.2) is 24.3 Å². The highest BCUT2D eigenvalue weighted by Crippen LogP contribution is 2.18. The van der Waals surface area contributed by atoms with Gasteiger partial charge in [-0.1, -0.05) is 24.3 Å². The lowest BCUT2D eigenvalue weighted by Crippen LogP contribution is -2.32. The van der Waals surface area contributed by atoms with Crippen molar-refractivity contribution in [1.82, 2.24) is 5.32 Å². The average molecular weight is 281 g/mol. The first-order valence-electron chi connectivity index (χ1n) is 6.50. The lowest BCUT2D eigenvalue weighted by molar-refractivity contribution is -0.124. The van der Waals surface area contributed by atoms with Crippen LogP contribution in [0.1, 0.15) is 17.5 Å². The van der Waals surface area contributed by atoms with Crippen LogP contribution in [0.2, 0.25) is 0 Å². The number of nitrogens with one attached hydrogen (secondary N) is 1. The van der Waals surface area contributed by atoms with E-state index in [1.165, 1.54) is 11.1 Å². The molecule has 1 aliphatic heterocycles. The van der Waals surface area contributed by atoms with Crippen LogP contribution in [-0.4, -0.2) is 32.4 Å². The molecule has 1 aromatic carbocycles. The molecule has 4 nitrogen and oxygen atoms in total. The van der Waals surface area contributed by atoms with Crippen LogP contribution in [0.4, 0.5) is 0 Å². The number of aryl methyl sites for hydroxylation is 1. The van der Waals surface area contributed by atoms with E-state index in [1.807, 2.05) is 31.2 Å². The van der Waals surface area contributed by atoms with Crippen molar-refractivity contribution in [2.75, 3.05) is 18.1 Å². The highest BCUT2D eigenvalue weighted by atomic mass is 32.2. The fraction of sp³-hybridized carbons (Fsp3) is 0.500. The van der Waals surface area contributed by atoms with Crippen LogP contribution in [-0.2, 0) is 21.1 Å². The minimum absolute atomic E-state index is 0.00317. The maximum atomic E-state index is 11.8. The maximum absolute atomic E-state index is 11.8. The smallest absolute Gasteiger partial charge is 0.224 e. The third kappa shape index (κ3) is 3.80. The molecule has 1 N–H and O–H groups in total. The second-order valence-electron chi connectivity index (χ2n) is 5.07. The first-order valence-corrected chi connectivity index (χ1v) is 8.33. The van der Waals surface area contributed by atoms with Crippen molar-refractivity contribution >= 4 is 15.7 Å². The Labute approximate surface area is 114 Å². The van der Waals surface area contributed by atoms with Crippen LogP contribution >= 0.6 is 0 Å². The molecule has 1 aromatic rings.